The summed E-state index contributed by atoms with van der Waals surface area (Å²) < 4.78 is 5.32. The fraction of sp³-hybridized carbons (Fsp3) is 1.00. The van der Waals surface area contributed by atoms with Gasteiger partial charge in [0, 0.05) is 6.54 Å². The summed E-state index contributed by atoms with van der Waals surface area (Å²) >= 11 is 0. The molecule has 10 heavy (non-hydrogen) atoms. The van der Waals surface area contributed by atoms with Crippen LogP contribution in [0.5, 0.6) is 0 Å². The Morgan fingerprint density at radius 2 is 2.50 bits per heavy atom. The van der Waals surface area contributed by atoms with E-state index in [0.717, 1.165) is 19.5 Å². The van der Waals surface area contributed by atoms with Gasteiger partial charge in [-0.2, -0.15) is 0 Å². The number of piperidine rings is 1. The van der Waals surface area contributed by atoms with Crippen LogP contribution >= 0.6 is 0 Å². The Morgan fingerprint density at radius 3 is 3.10 bits per heavy atom. The van der Waals surface area contributed by atoms with Gasteiger partial charge in [0.25, 0.3) is 0 Å². The van der Waals surface area contributed by atoms with E-state index >= 15 is 0 Å². The molecule has 1 rings (SSSR count). The first-order chi connectivity index (χ1) is 4.93. The van der Waals surface area contributed by atoms with E-state index in [-0.39, 0.29) is 6.61 Å². The van der Waals surface area contributed by atoms with Crippen molar-refractivity contribution >= 4 is 0 Å². The summed E-state index contributed by atoms with van der Waals surface area (Å²) in [7, 11) is 0. The molecule has 3 heteroatoms. The molecule has 0 aliphatic carbocycles. The first-order valence-electron chi connectivity index (χ1n) is 3.86. The molecule has 1 heterocycles. The molecule has 0 saturated carbocycles. The summed E-state index contributed by atoms with van der Waals surface area (Å²) in [5.74, 6) is 0. The van der Waals surface area contributed by atoms with Gasteiger partial charge in [0.15, 0.2) is 0 Å². The highest BCUT2D eigenvalue weighted by molar-refractivity contribution is 4.68. The van der Waals surface area contributed by atoms with E-state index in [1.807, 2.05) is 0 Å². The number of nitrogens with one attached hydrogen (secondary N) is 1. The summed E-state index contributed by atoms with van der Waals surface area (Å²) in [6.07, 6.45) is 2.66. The van der Waals surface area contributed by atoms with Gasteiger partial charge in [0.05, 0.1) is 19.3 Å². The third kappa shape index (κ3) is 2.64. The van der Waals surface area contributed by atoms with Crippen molar-refractivity contribution < 1.29 is 9.84 Å². The minimum Gasteiger partial charge on any atom is -0.394 e. The lowest BCUT2D eigenvalue weighted by molar-refractivity contribution is 0.0161. The van der Waals surface area contributed by atoms with E-state index < -0.39 is 0 Å². The van der Waals surface area contributed by atoms with Crippen LogP contribution in [0.1, 0.15) is 12.8 Å². The largest absolute Gasteiger partial charge is 0.394 e. The standard InChI is InChI=1S/C7H15NO2/c9-4-5-10-7-2-1-3-8-6-7/h7-9H,1-6H2/t7-/m0/s1. The maximum Gasteiger partial charge on any atom is 0.0702 e. The predicted molar refractivity (Wildman–Crippen MR) is 38.9 cm³/mol. The van der Waals surface area contributed by atoms with E-state index in [1.165, 1.54) is 6.42 Å². The Bertz CT molecular complexity index is 81.7. The molecule has 3 nitrogen and oxygen atoms in total. The average Bonchev–Trinajstić information content (AvgIpc) is 2.03. The number of hydrogen-bond donors (Lipinski definition) is 2. The molecule has 60 valence electrons. The third-order valence-corrected chi connectivity index (χ3v) is 1.70. The van der Waals surface area contributed by atoms with E-state index in [2.05, 4.69) is 5.32 Å². The van der Waals surface area contributed by atoms with Crippen LogP contribution < -0.4 is 5.32 Å². The zero-order chi connectivity index (χ0) is 7.23. The summed E-state index contributed by atoms with van der Waals surface area (Å²) in [5.41, 5.74) is 0. The van der Waals surface area contributed by atoms with Crippen molar-refractivity contribution in [2.24, 2.45) is 0 Å². The Kier molecular flexibility index (Phi) is 3.72. The van der Waals surface area contributed by atoms with Gasteiger partial charge >= 0.3 is 0 Å². The molecule has 0 spiro atoms. The van der Waals surface area contributed by atoms with Crippen LogP contribution in [0.15, 0.2) is 0 Å². The highest BCUT2D eigenvalue weighted by Gasteiger charge is 2.11. The van der Waals surface area contributed by atoms with Crippen molar-refractivity contribution in [1.29, 1.82) is 0 Å². The number of ether oxygens (including phenoxy) is 1. The SMILES string of the molecule is OCCO[C@H]1CCCNC1. The molecule has 0 aromatic rings. The van der Waals surface area contributed by atoms with E-state index in [0.29, 0.717) is 12.7 Å². The summed E-state index contributed by atoms with van der Waals surface area (Å²) in [5, 5.41) is 11.7. The second-order valence-corrected chi connectivity index (χ2v) is 2.56. The lowest BCUT2D eigenvalue weighted by Gasteiger charge is -2.22. The third-order valence-electron chi connectivity index (χ3n) is 1.70. The molecule has 1 aliphatic rings. The smallest absolute Gasteiger partial charge is 0.0702 e. The van der Waals surface area contributed by atoms with Crippen molar-refractivity contribution in [3.8, 4) is 0 Å². The van der Waals surface area contributed by atoms with Crippen LogP contribution in [-0.4, -0.2) is 37.5 Å². The topological polar surface area (TPSA) is 41.5 Å². The minimum absolute atomic E-state index is 0.135. The summed E-state index contributed by atoms with van der Waals surface area (Å²) in [6.45, 7) is 2.67. The first-order valence-corrected chi connectivity index (χ1v) is 3.86. The Balaban J connectivity index is 2.02. The first kappa shape index (κ1) is 7.98. The number of aliphatic hydroxyl groups excluding tert-OH is 1. The van der Waals surface area contributed by atoms with E-state index in [9.17, 15) is 0 Å². The zero-order valence-corrected chi connectivity index (χ0v) is 6.18. The quantitative estimate of drug-likeness (QED) is 0.575. The van der Waals surface area contributed by atoms with Crippen molar-refractivity contribution in [3.63, 3.8) is 0 Å². The fourth-order valence-corrected chi connectivity index (χ4v) is 1.18. The molecule has 1 atom stereocenters. The Hall–Kier alpha value is -0.120. The molecule has 0 unspecified atom stereocenters. The summed E-state index contributed by atoms with van der Waals surface area (Å²) in [6, 6.07) is 0. The maximum absolute atomic E-state index is 8.45. The van der Waals surface area contributed by atoms with Gasteiger partial charge in [-0.3, -0.25) is 0 Å². The number of rotatable bonds is 3. The summed E-state index contributed by atoms with van der Waals surface area (Å²) in [4.78, 5) is 0. The van der Waals surface area contributed by atoms with Gasteiger partial charge in [0.1, 0.15) is 0 Å². The van der Waals surface area contributed by atoms with Gasteiger partial charge < -0.3 is 15.2 Å². The van der Waals surface area contributed by atoms with Crippen LogP contribution in [0.25, 0.3) is 0 Å². The lowest BCUT2D eigenvalue weighted by Crippen LogP contribution is -2.35. The average molecular weight is 145 g/mol. The molecule has 1 fully saturated rings. The second-order valence-electron chi connectivity index (χ2n) is 2.56. The van der Waals surface area contributed by atoms with Gasteiger partial charge in [0.2, 0.25) is 0 Å². The van der Waals surface area contributed by atoms with Crippen molar-refractivity contribution in [1.82, 2.24) is 5.32 Å². The zero-order valence-electron chi connectivity index (χ0n) is 6.18. The monoisotopic (exact) mass is 145 g/mol. The highest BCUT2D eigenvalue weighted by atomic mass is 16.5. The second kappa shape index (κ2) is 4.66. The van der Waals surface area contributed by atoms with E-state index in [1.54, 1.807) is 0 Å². The molecule has 2 N–H and O–H groups in total. The number of hydrogen-bond acceptors (Lipinski definition) is 3. The fourth-order valence-electron chi connectivity index (χ4n) is 1.18. The van der Waals surface area contributed by atoms with Crippen molar-refractivity contribution in [3.05, 3.63) is 0 Å². The van der Waals surface area contributed by atoms with Gasteiger partial charge in [-0.1, -0.05) is 0 Å². The van der Waals surface area contributed by atoms with Gasteiger partial charge in [-0.05, 0) is 19.4 Å². The van der Waals surface area contributed by atoms with Crippen LogP contribution in [0.4, 0.5) is 0 Å². The highest BCUT2D eigenvalue weighted by Crippen LogP contribution is 2.04. The van der Waals surface area contributed by atoms with Crippen LogP contribution in [0, 0.1) is 0 Å². The normalized spacial score (nSPS) is 26.7. The molecule has 0 aromatic heterocycles. The van der Waals surface area contributed by atoms with Crippen LogP contribution in [0.2, 0.25) is 0 Å². The molecular weight excluding hydrogens is 130 g/mol. The molecule has 0 radical (unpaired) electrons. The molecule has 0 aromatic carbocycles. The molecule has 0 bridgehead atoms. The maximum atomic E-state index is 8.45. The minimum atomic E-state index is 0.135. The lowest BCUT2D eigenvalue weighted by atomic mass is 10.1. The molecule has 1 aliphatic heterocycles. The van der Waals surface area contributed by atoms with Crippen LogP contribution in [-0.2, 0) is 4.74 Å². The molecule has 1 saturated heterocycles. The van der Waals surface area contributed by atoms with Gasteiger partial charge in [-0.15, -0.1) is 0 Å². The van der Waals surface area contributed by atoms with E-state index in [4.69, 9.17) is 9.84 Å². The predicted octanol–water partition coefficient (Wildman–Crippen LogP) is -0.253. The molecular formula is C7H15NO2. The van der Waals surface area contributed by atoms with Crippen molar-refractivity contribution in [2.75, 3.05) is 26.3 Å². The Morgan fingerprint density at radius 1 is 1.60 bits per heavy atom. The Labute approximate surface area is 61.4 Å². The van der Waals surface area contributed by atoms with Crippen LogP contribution in [0.3, 0.4) is 0 Å². The van der Waals surface area contributed by atoms with Crippen molar-refractivity contribution in [2.45, 2.75) is 18.9 Å². The molecule has 0 amide bonds. The number of aliphatic hydroxyl groups is 1. The van der Waals surface area contributed by atoms with Gasteiger partial charge in [-0.25, -0.2) is 0 Å².